The van der Waals surface area contributed by atoms with Crippen LogP contribution in [0.5, 0.6) is 0 Å². The fourth-order valence-electron chi connectivity index (χ4n) is 3.03. The van der Waals surface area contributed by atoms with Gasteiger partial charge in [0.1, 0.15) is 5.76 Å². The van der Waals surface area contributed by atoms with Crippen molar-refractivity contribution in [2.24, 2.45) is 0 Å². The molecule has 0 saturated carbocycles. The summed E-state index contributed by atoms with van der Waals surface area (Å²) in [6.45, 7) is 0. The number of carbonyl (C=O) groups excluding carboxylic acids is 2. The lowest BCUT2D eigenvalue weighted by molar-refractivity contribution is -0.132. The van der Waals surface area contributed by atoms with Crippen molar-refractivity contribution < 1.29 is 14.7 Å². The highest BCUT2D eigenvalue weighted by Crippen LogP contribution is 2.43. The van der Waals surface area contributed by atoms with E-state index < -0.39 is 17.7 Å². The lowest BCUT2D eigenvalue weighted by Crippen LogP contribution is -2.29. The second-order valence-electron chi connectivity index (χ2n) is 5.89. The van der Waals surface area contributed by atoms with Crippen LogP contribution in [0.15, 0.2) is 59.9 Å². The van der Waals surface area contributed by atoms with Crippen LogP contribution in [0.25, 0.3) is 5.76 Å². The maximum atomic E-state index is 12.9. The normalized spacial score (nSPS) is 18.6. The first-order valence-corrected chi connectivity index (χ1v) is 9.68. The van der Waals surface area contributed by atoms with Gasteiger partial charge in [0.2, 0.25) is 0 Å². The molecule has 0 aliphatic carbocycles. The number of nitrogens with zero attached hydrogens (tertiary/aromatic N) is 3. The number of Topliss-reactive ketones (excluding diaryl/α,β-unsaturated/α-hetero) is 1. The van der Waals surface area contributed by atoms with Crippen molar-refractivity contribution >= 4 is 57.1 Å². The molecule has 2 aromatic heterocycles. The van der Waals surface area contributed by atoms with E-state index >= 15 is 0 Å². The fourth-order valence-corrected chi connectivity index (χ4v) is 4.00. The number of rotatable bonds is 3. The van der Waals surface area contributed by atoms with Gasteiger partial charge in [-0.2, -0.15) is 0 Å². The molecule has 1 amide bonds. The molecule has 3 heterocycles. The van der Waals surface area contributed by atoms with E-state index in [0.717, 1.165) is 0 Å². The van der Waals surface area contributed by atoms with Crippen molar-refractivity contribution in [2.75, 3.05) is 4.90 Å². The average Bonchev–Trinajstić information content (AvgIpc) is 3.31. The van der Waals surface area contributed by atoms with Gasteiger partial charge in [0.25, 0.3) is 5.78 Å². The highest BCUT2D eigenvalue weighted by molar-refractivity contribution is 7.14. The molecule has 0 bridgehead atoms. The van der Waals surface area contributed by atoms with Crippen molar-refractivity contribution in [3.63, 3.8) is 0 Å². The SMILES string of the molecule is O=C1C(=O)N(c2nccs2)C(c2ccc(Cl)c(Cl)c2)C1=C(O)c1ccncc1. The number of halogens is 2. The minimum atomic E-state index is -0.894. The summed E-state index contributed by atoms with van der Waals surface area (Å²) in [5.41, 5.74) is 0.849. The molecule has 1 aliphatic rings. The lowest BCUT2D eigenvalue weighted by Gasteiger charge is -2.23. The molecule has 28 heavy (non-hydrogen) atoms. The molecular weight excluding hydrogens is 421 g/mol. The minimum absolute atomic E-state index is 0.0511. The zero-order valence-electron chi connectivity index (χ0n) is 14.0. The first kappa shape index (κ1) is 18.6. The monoisotopic (exact) mass is 431 g/mol. The van der Waals surface area contributed by atoms with E-state index in [1.54, 1.807) is 35.7 Å². The number of anilines is 1. The quantitative estimate of drug-likeness (QED) is 0.375. The summed E-state index contributed by atoms with van der Waals surface area (Å²) in [7, 11) is 0. The third-order valence-corrected chi connectivity index (χ3v) is 5.79. The number of aliphatic hydroxyl groups excluding tert-OH is 1. The fraction of sp³-hybridized carbons (Fsp3) is 0.0526. The van der Waals surface area contributed by atoms with Crippen molar-refractivity contribution in [1.82, 2.24) is 9.97 Å². The van der Waals surface area contributed by atoms with Gasteiger partial charge in [0.15, 0.2) is 5.13 Å². The van der Waals surface area contributed by atoms with Gasteiger partial charge in [-0.1, -0.05) is 29.3 Å². The maximum Gasteiger partial charge on any atom is 0.301 e. The van der Waals surface area contributed by atoms with Gasteiger partial charge in [-0.15, -0.1) is 11.3 Å². The number of hydrogen-bond acceptors (Lipinski definition) is 6. The largest absolute Gasteiger partial charge is 0.507 e. The Morgan fingerprint density at radius 3 is 2.46 bits per heavy atom. The Hall–Kier alpha value is -2.74. The van der Waals surface area contributed by atoms with Gasteiger partial charge >= 0.3 is 5.91 Å². The second-order valence-corrected chi connectivity index (χ2v) is 7.58. The lowest BCUT2D eigenvalue weighted by atomic mass is 9.95. The molecule has 0 radical (unpaired) electrons. The van der Waals surface area contributed by atoms with Crippen LogP contribution >= 0.6 is 34.5 Å². The Morgan fingerprint density at radius 1 is 1.07 bits per heavy atom. The number of carbonyl (C=O) groups is 2. The van der Waals surface area contributed by atoms with E-state index in [-0.39, 0.29) is 16.4 Å². The molecule has 1 unspecified atom stereocenters. The van der Waals surface area contributed by atoms with Crippen LogP contribution in [-0.2, 0) is 9.59 Å². The topological polar surface area (TPSA) is 83.4 Å². The van der Waals surface area contributed by atoms with Gasteiger partial charge in [-0.3, -0.25) is 19.5 Å². The van der Waals surface area contributed by atoms with Crippen LogP contribution in [0, 0.1) is 0 Å². The first-order chi connectivity index (χ1) is 13.5. The first-order valence-electron chi connectivity index (χ1n) is 8.05. The Kier molecular flexibility index (Phi) is 4.89. The molecule has 9 heteroatoms. The summed E-state index contributed by atoms with van der Waals surface area (Å²) < 4.78 is 0. The Balaban J connectivity index is 1.96. The third kappa shape index (κ3) is 3.07. The molecular formula is C19H11Cl2N3O3S. The summed E-state index contributed by atoms with van der Waals surface area (Å²) in [6, 6.07) is 7.02. The number of benzene rings is 1. The Bertz CT molecular complexity index is 1100. The van der Waals surface area contributed by atoms with Crippen molar-refractivity contribution in [3.8, 4) is 0 Å². The number of pyridine rings is 1. The molecule has 3 aromatic rings. The van der Waals surface area contributed by atoms with Gasteiger partial charge in [0, 0.05) is 29.5 Å². The smallest absolute Gasteiger partial charge is 0.301 e. The zero-order chi connectivity index (χ0) is 19.8. The standard InChI is InChI=1S/C19H11Cl2N3O3S/c20-12-2-1-11(9-13(12)21)15-14(16(25)10-3-5-22-6-4-10)17(26)18(27)24(15)19-23-7-8-28-19/h1-9,15,25H. The van der Waals surface area contributed by atoms with Crippen LogP contribution in [0.1, 0.15) is 17.2 Å². The van der Waals surface area contributed by atoms with E-state index in [4.69, 9.17) is 23.2 Å². The summed E-state index contributed by atoms with van der Waals surface area (Å²) in [5.74, 6) is -1.88. The maximum absolute atomic E-state index is 12.9. The van der Waals surface area contributed by atoms with Gasteiger partial charge in [0.05, 0.1) is 21.7 Å². The Labute approximate surface area is 173 Å². The van der Waals surface area contributed by atoms with Crippen LogP contribution in [0.4, 0.5) is 5.13 Å². The molecule has 1 atom stereocenters. The summed E-state index contributed by atoms with van der Waals surface area (Å²) >= 11 is 13.4. The zero-order valence-corrected chi connectivity index (χ0v) is 16.4. The van der Waals surface area contributed by atoms with E-state index in [1.807, 2.05) is 0 Å². The van der Waals surface area contributed by atoms with Crippen molar-refractivity contribution in [1.29, 1.82) is 0 Å². The molecule has 1 saturated heterocycles. The number of hydrogen-bond donors (Lipinski definition) is 1. The van der Waals surface area contributed by atoms with Crippen LogP contribution in [0.3, 0.4) is 0 Å². The van der Waals surface area contributed by atoms with E-state index in [2.05, 4.69) is 9.97 Å². The highest BCUT2D eigenvalue weighted by atomic mass is 35.5. The van der Waals surface area contributed by atoms with Gasteiger partial charge < -0.3 is 5.11 Å². The number of aromatic nitrogens is 2. The van der Waals surface area contributed by atoms with Crippen LogP contribution < -0.4 is 4.90 Å². The van der Waals surface area contributed by atoms with E-state index in [1.165, 1.54) is 34.8 Å². The van der Waals surface area contributed by atoms with E-state index in [0.29, 0.717) is 21.3 Å². The van der Waals surface area contributed by atoms with Crippen molar-refractivity contribution in [2.45, 2.75) is 6.04 Å². The van der Waals surface area contributed by atoms with Gasteiger partial charge in [-0.05, 0) is 29.8 Å². The highest BCUT2D eigenvalue weighted by Gasteiger charge is 2.48. The second kappa shape index (κ2) is 7.35. The third-order valence-electron chi connectivity index (χ3n) is 4.28. The molecule has 0 spiro atoms. The number of thiazole rings is 1. The van der Waals surface area contributed by atoms with Crippen molar-refractivity contribution in [3.05, 3.63) is 81.0 Å². The molecule has 1 aliphatic heterocycles. The minimum Gasteiger partial charge on any atom is -0.507 e. The predicted molar refractivity (Wildman–Crippen MR) is 108 cm³/mol. The molecule has 1 N–H and O–H groups in total. The summed E-state index contributed by atoms with van der Waals surface area (Å²) in [5, 5.41) is 13.5. The Morgan fingerprint density at radius 2 is 1.82 bits per heavy atom. The van der Waals surface area contributed by atoms with Gasteiger partial charge in [-0.25, -0.2) is 4.98 Å². The molecule has 4 rings (SSSR count). The average molecular weight is 432 g/mol. The number of amides is 1. The van der Waals surface area contributed by atoms with Crippen LogP contribution in [-0.4, -0.2) is 26.8 Å². The predicted octanol–water partition coefficient (Wildman–Crippen LogP) is 4.47. The molecule has 6 nitrogen and oxygen atoms in total. The number of ketones is 1. The molecule has 1 aromatic carbocycles. The summed E-state index contributed by atoms with van der Waals surface area (Å²) in [6.07, 6.45) is 4.51. The number of aliphatic hydroxyl groups is 1. The van der Waals surface area contributed by atoms with Crippen LogP contribution in [0.2, 0.25) is 10.0 Å². The summed E-state index contributed by atoms with van der Waals surface area (Å²) in [4.78, 5) is 35.0. The molecule has 1 fully saturated rings. The molecule has 140 valence electrons. The van der Waals surface area contributed by atoms with E-state index in [9.17, 15) is 14.7 Å².